The number of anilines is 2. The van der Waals surface area contributed by atoms with Crippen molar-refractivity contribution in [3.63, 3.8) is 0 Å². The zero-order valence-electron chi connectivity index (χ0n) is 18.5. The zero-order chi connectivity index (χ0) is 23.4. The van der Waals surface area contributed by atoms with Crippen LogP contribution in [-0.4, -0.2) is 86.1 Å². The fourth-order valence-electron chi connectivity index (χ4n) is 3.97. The summed E-state index contributed by atoms with van der Waals surface area (Å²) >= 11 is 0. The van der Waals surface area contributed by atoms with Crippen LogP contribution < -0.4 is 10.2 Å². The molecule has 174 valence electrons. The van der Waals surface area contributed by atoms with Crippen LogP contribution in [0.3, 0.4) is 0 Å². The zero-order valence-corrected chi connectivity index (χ0v) is 18.5. The van der Waals surface area contributed by atoms with Crippen molar-refractivity contribution in [3.05, 3.63) is 63.7 Å². The van der Waals surface area contributed by atoms with Gasteiger partial charge in [-0.1, -0.05) is 0 Å². The van der Waals surface area contributed by atoms with Gasteiger partial charge in [0.15, 0.2) is 0 Å². The van der Waals surface area contributed by atoms with Gasteiger partial charge in [-0.3, -0.25) is 19.7 Å². The van der Waals surface area contributed by atoms with Gasteiger partial charge in [0.1, 0.15) is 5.69 Å². The van der Waals surface area contributed by atoms with Crippen LogP contribution >= 0.6 is 0 Å². The Bertz CT molecular complexity index is 1030. The number of nitro benzene ring substituents is 1. The lowest BCUT2D eigenvalue weighted by Gasteiger charge is -2.32. The molecule has 2 heterocycles. The largest absolute Gasteiger partial charge is 0.378 e. The minimum Gasteiger partial charge on any atom is -0.378 e. The molecule has 2 fully saturated rings. The normalized spacial score (nSPS) is 17.0. The van der Waals surface area contributed by atoms with Crippen molar-refractivity contribution in [2.75, 3.05) is 69.7 Å². The molecule has 0 saturated carbocycles. The average molecular weight is 453 g/mol. The Morgan fingerprint density at radius 2 is 1.58 bits per heavy atom. The molecule has 2 aliphatic heterocycles. The number of nitrogens with one attached hydrogen (secondary N) is 1. The first-order valence-electron chi connectivity index (χ1n) is 10.9. The van der Waals surface area contributed by atoms with Gasteiger partial charge in [-0.2, -0.15) is 0 Å². The monoisotopic (exact) mass is 453 g/mol. The van der Waals surface area contributed by atoms with Crippen LogP contribution in [0.1, 0.15) is 20.7 Å². The number of carbonyl (C=O) groups excluding carboxylic acids is 2. The first-order valence-corrected chi connectivity index (χ1v) is 10.9. The van der Waals surface area contributed by atoms with Gasteiger partial charge < -0.3 is 24.8 Å². The van der Waals surface area contributed by atoms with Crippen LogP contribution in [0.15, 0.2) is 42.5 Å². The molecule has 4 rings (SSSR count). The molecule has 2 aliphatic rings. The van der Waals surface area contributed by atoms with Gasteiger partial charge in [-0.05, 0) is 43.4 Å². The van der Waals surface area contributed by atoms with E-state index in [2.05, 4.69) is 10.2 Å². The molecule has 2 saturated heterocycles. The summed E-state index contributed by atoms with van der Waals surface area (Å²) in [6.45, 7) is 5.20. The second-order valence-electron chi connectivity index (χ2n) is 8.19. The van der Waals surface area contributed by atoms with E-state index in [-0.39, 0.29) is 17.2 Å². The van der Waals surface area contributed by atoms with Gasteiger partial charge in [-0.25, -0.2) is 0 Å². The number of piperazine rings is 1. The summed E-state index contributed by atoms with van der Waals surface area (Å²) in [7, 11) is 2.03. The van der Waals surface area contributed by atoms with Crippen molar-refractivity contribution >= 4 is 28.9 Å². The second kappa shape index (κ2) is 9.97. The number of rotatable bonds is 5. The van der Waals surface area contributed by atoms with Crippen molar-refractivity contribution in [1.29, 1.82) is 0 Å². The maximum atomic E-state index is 12.7. The summed E-state index contributed by atoms with van der Waals surface area (Å²) < 4.78 is 5.31. The predicted octanol–water partition coefficient (Wildman–Crippen LogP) is 2.07. The van der Waals surface area contributed by atoms with Gasteiger partial charge in [-0.15, -0.1) is 0 Å². The maximum Gasteiger partial charge on any atom is 0.293 e. The minimum absolute atomic E-state index is 0.0321. The summed E-state index contributed by atoms with van der Waals surface area (Å²) in [6.07, 6.45) is 0. The van der Waals surface area contributed by atoms with Crippen molar-refractivity contribution in [3.8, 4) is 0 Å². The number of hydrogen-bond acceptors (Lipinski definition) is 7. The van der Waals surface area contributed by atoms with Gasteiger partial charge in [0, 0.05) is 62.1 Å². The lowest BCUT2D eigenvalue weighted by Crippen LogP contribution is -2.47. The third-order valence-corrected chi connectivity index (χ3v) is 5.97. The molecule has 0 bridgehead atoms. The average Bonchev–Trinajstić information content (AvgIpc) is 2.84. The first-order chi connectivity index (χ1) is 15.9. The number of nitro groups is 1. The molecule has 10 heteroatoms. The SMILES string of the molecule is CN1CCN(C(=O)c2ccc(NC(=O)c3ccc(N4CCOCC4)c([N+](=O)[O-])c3)cc2)CC1. The Kier molecular flexibility index (Phi) is 6.85. The molecule has 0 radical (unpaired) electrons. The van der Waals surface area contributed by atoms with Crippen LogP contribution in [0.4, 0.5) is 17.1 Å². The van der Waals surface area contributed by atoms with E-state index in [1.54, 1.807) is 36.4 Å². The molecule has 0 aromatic heterocycles. The summed E-state index contributed by atoms with van der Waals surface area (Å²) in [5, 5.41) is 14.4. The quantitative estimate of drug-likeness (QED) is 0.545. The van der Waals surface area contributed by atoms with Crippen molar-refractivity contribution in [2.45, 2.75) is 0 Å². The van der Waals surface area contributed by atoms with Crippen LogP contribution in [0, 0.1) is 10.1 Å². The van der Waals surface area contributed by atoms with Crippen LogP contribution in [0.5, 0.6) is 0 Å². The lowest BCUT2D eigenvalue weighted by atomic mass is 10.1. The lowest BCUT2D eigenvalue weighted by molar-refractivity contribution is -0.384. The Morgan fingerprint density at radius 3 is 2.21 bits per heavy atom. The Hall–Kier alpha value is -3.50. The van der Waals surface area contributed by atoms with E-state index in [0.717, 1.165) is 13.1 Å². The van der Waals surface area contributed by atoms with E-state index in [0.29, 0.717) is 56.3 Å². The standard InChI is InChI=1S/C23H27N5O5/c1-25-8-10-27(11-9-25)23(30)17-2-5-19(6-3-17)24-22(29)18-4-7-20(21(16-18)28(31)32)26-12-14-33-15-13-26/h2-7,16H,8-15H2,1H3,(H,24,29). The van der Waals surface area contributed by atoms with Crippen LogP contribution in [0.2, 0.25) is 0 Å². The molecule has 0 atom stereocenters. The molecule has 10 nitrogen and oxygen atoms in total. The number of nitrogens with zero attached hydrogens (tertiary/aromatic N) is 4. The minimum atomic E-state index is -0.472. The molecule has 2 aromatic carbocycles. The van der Waals surface area contributed by atoms with E-state index in [9.17, 15) is 19.7 Å². The van der Waals surface area contributed by atoms with E-state index >= 15 is 0 Å². The smallest absolute Gasteiger partial charge is 0.293 e. The predicted molar refractivity (Wildman–Crippen MR) is 124 cm³/mol. The second-order valence-corrected chi connectivity index (χ2v) is 8.19. The summed E-state index contributed by atoms with van der Waals surface area (Å²) in [4.78, 5) is 42.4. The maximum absolute atomic E-state index is 12.7. The molecule has 33 heavy (non-hydrogen) atoms. The van der Waals surface area contributed by atoms with Gasteiger partial charge in [0.25, 0.3) is 17.5 Å². The molecule has 0 aliphatic carbocycles. The Morgan fingerprint density at radius 1 is 0.939 bits per heavy atom. The van der Waals surface area contributed by atoms with Crippen LogP contribution in [-0.2, 0) is 4.74 Å². The van der Waals surface area contributed by atoms with E-state index in [1.165, 1.54) is 6.07 Å². The first kappa shape index (κ1) is 22.7. The molecule has 2 amide bonds. The fraction of sp³-hybridized carbons (Fsp3) is 0.391. The topological polar surface area (TPSA) is 108 Å². The van der Waals surface area contributed by atoms with Crippen LogP contribution in [0.25, 0.3) is 0 Å². The Balaban J connectivity index is 1.44. The van der Waals surface area contributed by atoms with Crippen molar-refractivity contribution in [2.24, 2.45) is 0 Å². The molecular formula is C23H27N5O5. The van der Waals surface area contributed by atoms with E-state index < -0.39 is 10.8 Å². The summed E-state index contributed by atoms with van der Waals surface area (Å²) in [6, 6.07) is 11.2. The number of morpholine rings is 1. The number of amides is 2. The highest BCUT2D eigenvalue weighted by atomic mass is 16.6. The number of likely N-dealkylation sites (N-methyl/N-ethyl adjacent to an activating group) is 1. The highest BCUT2D eigenvalue weighted by molar-refractivity contribution is 6.05. The summed E-state index contributed by atoms with van der Waals surface area (Å²) in [5.74, 6) is -0.486. The molecule has 0 spiro atoms. The van der Waals surface area contributed by atoms with Gasteiger partial charge in [0.05, 0.1) is 18.1 Å². The van der Waals surface area contributed by atoms with Crippen molar-refractivity contribution < 1.29 is 19.2 Å². The highest BCUT2D eigenvalue weighted by Gasteiger charge is 2.24. The third-order valence-electron chi connectivity index (χ3n) is 5.97. The number of hydrogen-bond donors (Lipinski definition) is 1. The molecule has 0 unspecified atom stereocenters. The van der Waals surface area contributed by atoms with Gasteiger partial charge >= 0.3 is 0 Å². The molecule has 1 N–H and O–H groups in total. The summed E-state index contributed by atoms with van der Waals surface area (Å²) in [5.41, 5.74) is 1.62. The number of carbonyl (C=O) groups is 2. The Labute approximate surface area is 191 Å². The fourth-order valence-corrected chi connectivity index (χ4v) is 3.97. The number of ether oxygens (including phenoxy) is 1. The highest BCUT2D eigenvalue weighted by Crippen LogP contribution is 2.30. The molecule has 2 aromatic rings. The third kappa shape index (κ3) is 5.29. The van der Waals surface area contributed by atoms with E-state index in [1.807, 2.05) is 16.8 Å². The van der Waals surface area contributed by atoms with E-state index in [4.69, 9.17) is 4.74 Å². The van der Waals surface area contributed by atoms with Crippen molar-refractivity contribution in [1.82, 2.24) is 9.80 Å². The molecular weight excluding hydrogens is 426 g/mol. The number of benzene rings is 2. The van der Waals surface area contributed by atoms with Gasteiger partial charge in [0.2, 0.25) is 0 Å².